The van der Waals surface area contributed by atoms with Crippen molar-refractivity contribution >= 4 is 17.3 Å². The second-order valence-corrected chi connectivity index (χ2v) is 4.49. The van der Waals surface area contributed by atoms with E-state index < -0.39 is 17.4 Å². The highest BCUT2D eigenvalue weighted by atomic mass is 16.6. The van der Waals surface area contributed by atoms with Crippen LogP contribution in [0.2, 0.25) is 0 Å². The van der Waals surface area contributed by atoms with E-state index in [2.05, 4.69) is 0 Å². The van der Waals surface area contributed by atoms with E-state index in [1.54, 1.807) is 36.4 Å². The van der Waals surface area contributed by atoms with Gasteiger partial charge in [0.15, 0.2) is 12.4 Å². The van der Waals surface area contributed by atoms with Crippen LogP contribution < -0.4 is 9.64 Å². The van der Waals surface area contributed by atoms with Crippen molar-refractivity contribution in [2.75, 3.05) is 18.1 Å². The molecule has 0 fully saturated rings. The van der Waals surface area contributed by atoms with Crippen LogP contribution in [0, 0.1) is 21.4 Å². The van der Waals surface area contributed by atoms with Gasteiger partial charge in [-0.3, -0.25) is 19.8 Å². The summed E-state index contributed by atoms with van der Waals surface area (Å²) in [7, 11) is 0. The number of carbonyl (C=O) groups is 1. The predicted molar refractivity (Wildman–Crippen MR) is 83.0 cm³/mol. The van der Waals surface area contributed by atoms with E-state index in [4.69, 9.17) is 10.00 Å². The summed E-state index contributed by atoms with van der Waals surface area (Å²) in [6.45, 7) is -0.537. The molecule has 2 aromatic carbocycles. The minimum Gasteiger partial charge on any atom is -0.477 e. The maximum atomic E-state index is 12.3. The number of benzene rings is 2. The first-order chi connectivity index (χ1) is 11.1. The van der Waals surface area contributed by atoms with Crippen molar-refractivity contribution in [3.8, 4) is 11.8 Å². The Hall–Kier alpha value is -3.40. The Morgan fingerprint density at radius 2 is 1.83 bits per heavy atom. The van der Waals surface area contributed by atoms with E-state index >= 15 is 0 Å². The number of hydrogen-bond acceptors (Lipinski definition) is 5. The van der Waals surface area contributed by atoms with Crippen molar-refractivity contribution in [2.24, 2.45) is 0 Å². The summed E-state index contributed by atoms with van der Waals surface area (Å²) in [6.07, 6.45) is 0. The number of ether oxygens (including phenoxy) is 1. The fourth-order valence-corrected chi connectivity index (χ4v) is 1.95. The van der Waals surface area contributed by atoms with Gasteiger partial charge in [-0.25, -0.2) is 0 Å². The highest BCUT2D eigenvalue weighted by Crippen LogP contribution is 2.26. The number of nitrogens with zero attached hydrogens (tertiary/aromatic N) is 3. The van der Waals surface area contributed by atoms with Gasteiger partial charge in [-0.05, 0) is 18.2 Å². The van der Waals surface area contributed by atoms with Crippen LogP contribution in [0.5, 0.6) is 5.75 Å². The van der Waals surface area contributed by atoms with Gasteiger partial charge < -0.3 is 4.74 Å². The molecule has 0 aliphatic carbocycles. The molecule has 0 saturated heterocycles. The minimum absolute atomic E-state index is 0.0100. The molecule has 0 bridgehead atoms. The zero-order chi connectivity index (χ0) is 16.7. The number of hydrogen-bond donors (Lipinski definition) is 0. The molecular formula is C16H13N3O4. The van der Waals surface area contributed by atoms with E-state index in [0.29, 0.717) is 5.69 Å². The summed E-state index contributed by atoms with van der Waals surface area (Å²) in [4.78, 5) is 23.9. The third kappa shape index (κ3) is 4.04. The van der Waals surface area contributed by atoms with Gasteiger partial charge >= 0.3 is 5.69 Å². The molecule has 116 valence electrons. The van der Waals surface area contributed by atoms with E-state index in [1.807, 2.05) is 6.07 Å². The molecule has 0 spiro atoms. The minimum atomic E-state index is -0.579. The highest BCUT2D eigenvalue weighted by molar-refractivity contribution is 5.94. The molecule has 23 heavy (non-hydrogen) atoms. The number of amides is 1. The van der Waals surface area contributed by atoms with E-state index in [0.717, 1.165) is 0 Å². The standard InChI is InChI=1S/C16H13N3O4/c17-10-11-18(13-6-2-1-3-7-13)16(20)12-23-15-9-5-4-8-14(15)19(21)22/h1-9H,11-12H2. The fourth-order valence-electron chi connectivity index (χ4n) is 1.95. The largest absolute Gasteiger partial charge is 0.477 e. The van der Waals surface area contributed by atoms with Gasteiger partial charge in [0.05, 0.1) is 11.0 Å². The molecule has 0 aromatic heterocycles. The van der Waals surface area contributed by atoms with Crippen LogP contribution in [0.25, 0.3) is 0 Å². The zero-order valence-electron chi connectivity index (χ0n) is 12.1. The van der Waals surface area contributed by atoms with Gasteiger partial charge in [-0.15, -0.1) is 0 Å². The highest BCUT2D eigenvalue weighted by Gasteiger charge is 2.19. The fraction of sp³-hybridized carbons (Fsp3) is 0.125. The summed E-state index contributed by atoms with van der Waals surface area (Å²) < 4.78 is 5.27. The Kier molecular flexibility index (Phi) is 5.25. The number of nitriles is 1. The Labute approximate surface area is 132 Å². The van der Waals surface area contributed by atoms with E-state index in [9.17, 15) is 14.9 Å². The number of nitro groups is 1. The molecule has 1 amide bonds. The molecule has 0 atom stereocenters. The monoisotopic (exact) mass is 311 g/mol. The SMILES string of the molecule is N#CCN(C(=O)COc1ccccc1[N+](=O)[O-])c1ccccc1. The van der Waals surface area contributed by atoms with Gasteiger partial charge in [0.25, 0.3) is 5.91 Å². The smallest absolute Gasteiger partial charge is 0.310 e. The van der Waals surface area contributed by atoms with Gasteiger partial charge in [0.2, 0.25) is 0 Å². The molecule has 0 saturated carbocycles. The number of carbonyl (C=O) groups excluding carboxylic acids is 1. The summed E-state index contributed by atoms with van der Waals surface area (Å²) in [6, 6.07) is 16.4. The van der Waals surface area contributed by atoms with Gasteiger partial charge in [-0.2, -0.15) is 5.26 Å². The van der Waals surface area contributed by atoms with E-state index in [1.165, 1.54) is 23.1 Å². The summed E-state index contributed by atoms with van der Waals surface area (Å²) in [5, 5.41) is 19.8. The topological polar surface area (TPSA) is 96.5 Å². The maximum absolute atomic E-state index is 12.3. The molecule has 0 unspecified atom stereocenters. The number of anilines is 1. The van der Waals surface area contributed by atoms with Crippen LogP contribution in [-0.2, 0) is 4.79 Å². The molecule has 0 aliphatic heterocycles. The molecule has 2 rings (SSSR count). The third-order valence-electron chi connectivity index (χ3n) is 3.01. The van der Waals surface area contributed by atoms with Crippen molar-refractivity contribution in [3.05, 3.63) is 64.7 Å². The molecule has 2 aromatic rings. The molecule has 0 N–H and O–H groups in total. The van der Waals surface area contributed by atoms with Crippen LogP contribution >= 0.6 is 0 Å². The first-order valence-corrected chi connectivity index (χ1v) is 6.72. The van der Waals surface area contributed by atoms with Crippen LogP contribution in [0.3, 0.4) is 0 Å². The quantitative estimate of drug-likeness (QED) is 0.464. The van der Waals surface area contributed by atoms with Crippen molar-refractivity contribution < 1.29 is 14.5 Å². The Bertz CT molecular complexity index is 740. The van der Waals surface area contributed by atoms with Crippen molar-refractivity contribution in [1.29, 1.82) is 5.26 Å². The number of para-hydroxylation sites is 3. The molecular weight excluding hydrogens is 298 g/mol. The lowest BCUT2D eigenvalue weighted by atomic mass is 10.3. The molecule has 7 heteroatoms. The first-order valence-electron chi connectivity index (χ1n) is 6.72. The normalized spacial score (nSPS) is 9.70. The maximum Gasteiger partial charge on any atom is 0.310 e. The lowest BCUT2D eigenvalue weighted by Gasteiger charge is -2.19. The molecule has 0 radical (unpaired) electrons. The van der Waals surface area contributed by atoms with Crippen LogP contribution in [0.4, 0.5) is 11.4 Å². The zero-order valence-corrected chi connectivity index (χ0v) is 12.1. The summed E-state index contributed by atoms with van der Waals surface area (Å²) in [5.41, 5.74) is 0.344. The van der Waals surface area contributed by atoms with E-state index in [-0.39, 0.29) is 18.0 Å². The lowest BCUT2D eigenvalue weighted by molar-refractivity contribution is -0.385. The Morgan fingerprint density at radius 1 is 1.17 bits per heavy atom. The summed E-state index contributed by atoms with van der Waals surface area (Å²) in [5.74, 6) is -0.452. The third-order valence-corrected chi connectivity index (χ3v) is 3.01. The van der Waals surface area contributed by atoms with Crippen LogP contribution in [-0.4, -0.2) is 24.0 Å². The lowest BCUT2D eigenvalue weighted by Crippen LogP contribution is -2.35. The van der Waals surface area contributed by atoms with Crippen LogP contribution in [0.1, 0.15) is 0 Å². The van der Waals surface area contributed by atoms with Crippen molar-refractivity contribution in [3.63, 3.8) is 0 Å². The predicted octanol–water partition coefficient (Wildman–Crippen LogP) is 2.53. The average Bonchev–Trinajstić information content (AvgIpc) is 2.58. The van der Waals surface area contributed by atoms with Gasteiger partial charge in [-0.1, -0.05) is 30.3 Å². The van der Waals surface area contributed by atoms with Crippen molar-refractivity contribution in [2.45, 2.75) is 0 Å². The van der Waals surface area contributed by atoms with Gasteiger partial charge in [0.1, 0.15) is 6.54 Å². The van der Waals surface area contributed by atoms with Gasteiger partial charge in [0, 0.05) is 11.8 Å². The van der Waals surface area contributed by atoms with Crippen molar-refractivity contribution in [1.82, 2.24) is 0 Å². The molecule has 7 nitrogen and oxygen atoms in total. The number of nitro benzene ring substituents is 1. The number of rotatable bonds is 6. The molecule has 0 aliphatic rings. The Morgan fingerprint density at radius 3 is 2.48 bits per heavy atom. The Balaban J connectivity index is 2.12. The average molecular weight is 311 g/mol. The second-order valence-electron chi connectivity index (χ2n) is 4.49. The molecule has 0 heterocycles. The first kappa shape index (κ1) is 16.0. The second kappa shape index (κ2) is 7.56. The summed E-state index contributed by atoms with van der Waals surface area (Å²) >= 11 is 0. The van der Waals surface area contributed by atoms with Crippen LogP contribution in [0.15, 0.2) is 54.6 Å².